The molecule has 0 spiro atoms. The van der Waals surface area contributed by atoms with Crippen LogP contribution in [0.25, 0.3) is 0 Å². The van der Waals surface area contributed by atoms with Crippen LogP contribution in [0.5, 0.6) is 0 Å². The standard InChI is InChI=1S/C18H20BrNO/c19-14-17(13-16-9-5-2-6-10-16)20-18(21)12-11-15-7-3-1-4-8-15/h1-10,17H,11-14H2,(H,20,21). The molecule has 0 aliphatic rings. The Morgan fingerprint density at radius 2 is 1.52 bits per heavy atom. The molecule has 0 saturated carbocycles. The second kappa shape index (κ2) is 8.63. The van der Waals surface area contributed by atoms with Crippen LogP contribution in [0.2, 0.25) is 0 Å². The molecule has 1 N–H and O–H groups in total. The molecule has 1 amide bonds. The Kier molecular flexibility index (Phi) is 6.48. The van der Waals surface area contributed by atoms with Crippen molar-refractivity contribution in [1.82, 2.24) is 5.32 Å². The highest BCUT2D eigenvalue weighted by Crippen LogP contribution is 2.07. The van der Waals surface area contributed by atoms with Crippen LogP contribution in [0.3, 0.4) is 0 Å². The van der Waals surface area contributed by atoms with Gasteiger partial charge in [-0.15, -0.1) is 0 Å². The Balaban J connectivity index is 1.80. The smallest absolute Gasteiger partial charge is 0.220 e. The first-order valence-corrected chi connectivity index (χ1v) is 8.33. The van der Waals surface area contributed by atoms with Crippen LogP contribution in [0.1, 0.15) is 17.5 Å². The summed E-state index contributed by atoms with van der Waals surface area (Å²) in [5.74, 6) is 0.110. The topological polar surface area (TPSA) is 29.1 Å². The van der Waals surface area contributed by atoms with Gasteiger partial charge in [-0.25, -0.2) is 0 Å². The third-order valence-corrected chi connectivity index (χ3v) is 4.14. The highest BCUT2D eigenvalue weighted by Gasteiger charge is 2.11. The predicted octanol–water partition coefficient (Wildman–Crippen LogP) is 3.74. The number of rotatable bonds is 7. The molecule has 2 rings (SSSR count). The summed E-state index contributed by atoms with van der Waals surface area (Å²) in [5.41, 5.74) is 2.44. The summed E-state index contributed by atoms with van der Waals surface area (Å²) in [6, 6.07) is 20.5. The Morgan fingerprint density at radius 3 is 2.10 bits per heavy atom. The molecular weight excluding hydrogens is 326 g/mol. The minimum absolute atomic E-state index is 0.110. The molecule has 2 aromatic carbocycles. The van der Waals surface area contributed by atoms with E-state index >= 15 is 0 Å². The maximum Gasteiger partial charge on any atom is 0.220 e. The number of amides is 1. The zero-order chi connectivity index (χ0) is 14.9. The average Bonchev–Trinajstić information content (AvgIpc) is 2.54. The van der Waals surface area contributed by atoms with Crippen molar-refractivity contribution in [3.8, 4) is 0 Å². The van der Waals surface area contributed by atoms with Crippen molar-refractivity contribution in [3.05, 3.63) is 71.8 Å². The summed E-state index contributed by atoms with van der Waals surface area (Å²) < 4.78 is 0. The molecule has 0 saturated heterocycles. The van der Waals surface area contributed by atoms with Gasteiger partial charge >= 0.3 is 0 Å². The molecule has 2 nitrogen and oxygen atoms in total. The molecule has 0 bridgehead atoms. The summed E-state index contributed by atoms with van der Waals surface area (Å²) in [6.07, 6.45) is 2.17. The number of nitrogens with one attached hydrogen (secondary N) is 1. The normalized spacial score (nSPS) is 11.9. The van der Waals surface area contributed by atoms with Gasteiger partial charge in [0.15, 0.2) is 0 Å². The van der Waals surface area contributed by atoms with Crippen LogP contribution >= 0.6 is 15.9 Å². The lowest BCUT2D eigenvalue weighted by atomic mass is 10.1. The van der Waals surface area contributed by atoms with Gasteiger partial charge in [-0.1, -0.05) is 76.6 Å². The molecule has 110 valence electrons. The lowest BCUT2D eigenvalue weighted by molar-refractivity contribution is -0.121. The predicted molar refractivity (Wildman–Crippen MR) is 90.6 cm³/mol. The van der Waals surface area contributed by atoms with Crippen LogP contribution in [0.15, 0.2) is 60.7 Å². The highest BCUT2D eigenvalue weighted by atomic mass is 79.9. The van der Waals surface area contributed by atoms with E-state index in [1.54, 1.807) is 0 Å². The first-order valence-electron chi connectivity index (χ1n) is 7.21. The van der Waals surface area contributed by atoms with E-state index in [0.717, 1.165) is 18.2 Å². The fourth-order valence-electron chi connectivity index (χ4n) is 2.25. The van der Waals surface area contributed by atoms with E-state index in [1.165, 1.54) is 11.1 Å². The van der Waals surface area contributed by atoms with Crippen LogP contribution in [0, 0.1) is 0 Å². The first-order chi connectivity index (χ1) is 10.3. The van der Waals surface area contributed by atoms with Crippen molar-refractivity contribution in [2.75, 3.05) is 5.33 Å². The number of benzene rings is 2. The lowest BCUT2D eigenvalue weighted by Gasteiger charge is -2.16. The molecule has 0 radical (unpaired) electrons. The van der Waals surface area contributed by atoms with Crippen LogP contribution in [-0.4, -0.2) is 17.3 Å². The molecule has 0 heterocycles. The van der Waals surface area contributed by atoms with Crippen LogP contribution in [-0.2, 0) is 17.6 Å². The second-order valence-corrected chi connectivity index (χ2v) is 5.74. The summed E-state index contributed by atoms with van der Waals surface area (Å²) in [6.45, 7) is 0. The monoisotopic (exact) mass is 345 g/mol. The Hall–Kier alpha value is -1.61. The first kappa shape index (κ1) is 15.8. The number of alkyl halides is 1. The van der Waals surface area contributed by atoms with Crippen LogP contribution < -0.4 is 5.32 Å². The zero-order valence-electron chi connectivity index (χ0n) is 12.0. The summed E-state index contributed by atoms with van der Waals surface area (Å²) >= 11 is 3.48. The molecule has 0 aliphatic carbocycles. The number of hydrogen-bond donors (Lipinski definition) is 1. The van der Waals surface area contributed by atoms with E-state index in [2.05, 4.69) is 45.5 Å². The van der Waals surface area contributed by atoms with Gasteiger partial charge < -0.3 is 5.32 Å². The number of carbonyl (C=O) groups excluding carboxylic acids is 1. The molecule has 0 aliphatic heterocycles. The lowest BCUT2D eigenvalue weighted by Crippen LogP contribution is -2.37. The summed E-state index contributed by atoms with van der Waals surface area (Å²) in [4.78, 5) is 12.0. The Bertz CT molecular complexity index is 542. The molecule has 0 fully saturated rings. The van der Waals surface area contributed by atoms with E-state index in [1.807, 2.05) is 36.4 Å². The SMILES string of the molecule is O=C(CCc1ccccc1)NC(CBr)Cc1ccccc1. The summed E-state index contributed by atoms with van der Waals surface area (Å²) in [5, 5.41) is 3.86. The molecule has 21 heavy (non-hydrogen) atoms. The number of halogens is 1. The van der Waals surface area contributed by atoms with E-state index in [9.17, 15) is 4.79 Å². The molecular formula is C18H20BrNO. The quantitative estimate of drug-likeness (QED) is 0.761. The third kappa shape index (κ3) is 5.72. The number of aryl methyl sites for hydroxylation is 1. The van der Waals surface area contributed by atoms with Gasteiger partial charge in [0.2, 0.25) is 5.91 Å². The fourth-order valence-corrected chi connectivity index (χ4v) is 2.64. The van der Waals surface area contributed by atoms with Gasteiger partial charge in [0.1, 0.15) is 0 Å². The zero-order valence-corrected chi connectivity index (χ0v) is 13.6. The molecule has 3 heteroatoms. The molecule has 2 aromatic rings. The van der Waals surface area contributed by atoms with Gasteiger partial charge in [-0.05, 0) is 24.0 Å². The van der Waals surface area contributed by atoms with Gasteiger partial charge in [0, 0.05) is 17.8 Å². The van der Waals surface area contributed by atoms with E-state index in [0.29, 0.717) is 6.42 Å². The van der Waals surface area contributed by atoms with Gasteiger partial charge in [-0.2, -0.15) is 0 Å². The Morgan fingerprint density at radius 1 is 0.952 bits per heavy atom. The largest absolute Gasteiger partial charge is 0.352 e. The maximum absolute atomic E-state index is 12.0. The van der Waals surface area contributed by atoms with Gasteiger partial charge in [0.05, 0.1) is 0 Å². The van der Waals surface area contributed by atoms with E-state index < -0.39 is 0 Å². The van der Waals surface area contributed by atoms with E-state index in [4.69, 9.17) is 0 Å². The highest BCUT2D eigenvalue weighted by molar-refractivity contribution is 9.09. The van der Waals surface area contributed by atoms with E-state index in [-0.39, 0.29) is 11.9 Å². The van der Waals surface area contributed by atoms with Crippen molar-refractivity contribution in [2.24, 2.45) is 0 Å². The molecule has 1 unspecified atom stereocenters. The van der Waals surface area contributed by atoms with Crippen molar-refractivity contribution in [1.29, 1.82) is 0 Å². The van der Waals surface area contributed by atoms with Gasteiger partial charge in [-0.3, -0.25) is 4.79 Å². The Labute approximate surface area is 134 Å². The van der Waals surface area contributed by atoms with Crippen molar-refractivity contribution < 1.29 is 4.79 Å². The fraction of sp³-hybridized carbons (Fsp3) is 0.278. The van der Waals surface area contributed by atoms with Crippen molar-refractivity contribution in [2.45, 2.75) is 25.3 Å². The minimum atomic E-state index is 0.110. The number of hydrogen-bond acceptors (Lipinski definition) is 1. The third-order valence-electron chi connectivity index (χ3n) is 3.36. The van der Waals surface area contributed by atoms with Crippen molar-refractivity contribution >= 4 is 21.8 Å². The summed E-state index contributed by atoms with van der Waals surface area (Å²) in [7, 11) is 0. The molecule has 0 aromatic heterocycles. The average molecular weight is 346 g/mol. The molecule has 1 atom stereocenters. The maximum atomic E-state index is 12.0. The van der Waals surface area contributed by atoms with Crippen molar-refractivity contribution in [3.63, 3.8) is 0 Å². The number of carbonyl (C=O) groups is 1. The minimum Gasteiger partial charge on any atom is -0.352 e. The van der Waals surface area contributed by atoms with Crippen LogP contribution in [0.4, 0.5) is 0 Å². The van der Waals surface area contributed by atoms with Gasteiger partial charge in [0.25, 0.3) is 0 Å². The second-order valence-electron chi connectivity index (χ2n) is 5.09.